The molecule has 0 aliphatic heterocycles. The topological polar surface area (TPSA) is 50.5 Å². The van der Waals surface area contributed by atoms with Gasteiger partial charge < -0.3 is 4.42 Å². The van der Waals surface area contributed by atoms with E-state index in [2.05, 4.69) is 31.9 Å². The number of benzene rings is 1. The Balaban J connectivity index is 2.29. The van der Waals surface area contributed by atoms with Crippen LogP contribution < -0.4 is 0 Å². The monoisotopic (exact) mass is 425 g/mol. The largest absolute Gasteiger partial charge is 0.453 e. The summed E-state index contributed by atoms with van der Waals surface area (Å²) in [4.78, 5) is 0.00650. The summed E-state index contributed by atoms with van der Waals surface area (Å²) in [6.45, 7) is 0.0811. The van der Waals surface area contributed by atoms with E-state index in [1.807, 2.05) is 0 Å². The number of hydrogen-bond donors (Lipinski definition) is 0. The molecule has 0 aliphatic rings. The SMILES string of the molecule is CN(Cc1ccc(Br)o1)S(=O)(=O)c1ccc(F)cc1Br. The van der Waals surface area contributed by atoms with Crippen LogP contribution in [0.4, 0.5) is 4.39 Å². The van der Waals surface area contributed by atoms with Crippen molar-refractivity contribution in [1.29, 1.82) is 0 Å². The summed E-state index contributed by atoms with van der Waals surface area (Å²) < 4.78 is 44.9. The first kappa shape index (κ1) is 15.7. The second kappa shape index (κ2) is 5.97. The zero-order valence-corrected chi connectivity index (χ0v) is 14.3. The first-order chi connectivity index (χ1) is 9.30. The van der Waals surface area contributed by atoms with Gasteiger partial charge in [-0.15, -0.1) is 0 Å². The van der Waals surface area contributed by atoms with Gasteiger partial charge in [-0.1, -0.05) is 0 Å². The number of halogens is 3. The molecule has 2 rings (SSSR count). The van der Waals surface area contributed by atoms with Gasteiger partial charge in [0.25, 0.3) is 0 Å². The van der Waals surface area contributed by atoms with Crippen molar-refractivity contribution in [2.75, 3.05) is 7.05 Å². The van der Waals surface area contributed by atoms with Crippen molar-refractivity contribution in [3.05, 3.63) is 51.1 Å². The van der Waals surface area contributed by atoms with Crippen LogP contribution in [0.2, 0.25) is 0 Å². The quantitative estimate of drug-likeness (QED) is 0.747. The predicted octanol–water partition coefficient (Wildman–Crippen LogP) is 3.76. The molecule has 4 nitrogen and oxygen atoms in total. The van der Waals surface area contributed by atoms with Crippen molar-refractivity contribution >= 4 is 41.9 Å². The molecule has 8 heteroatoms. The first-order valence-corrected chi connectivity index (χ1v) is 8.49. The Morgan fingerprint density at radius 3 is 2.50 bits per heavy atom. The van der Waals surface area contributed by atoms with Gasteiger partial charge in [-0.25, -0.2) is 12.8 Å². The van der Waals surface area contributed by atoms with Crippen LogP contribution >= 0.6 is 31.9 Å². The molecule has 0 N–H and O–H groups in total. The number of nitrogens with zero attached hydrogens (tertiary/aromatic N) is 1. The Hall–Kier alpha value is -0.700. The highest BCUT2D eigenvalue weighted by Gasteiger charge is 2.24. The van der Waals surface area contributed by atoms with Gasteiger partial charge in [-0.3, -0.25) is 0 Å². The van der Waals surface area contributed by atoms with Crippen molar-refractivity contribution in [2.24, 2.45) is 0 Å². The van der Waals surface area contributed by atoms with Crippen LogP contribution in [-0.2, 0) is 16.6 Å². The minimum absolute atomic E-state index is 0.00650. The lowest BCUT2D eigenvalue weighted by molar-refractivity contribution is 0.398. The molecule has 0 spiro atoms. The summed E-state index contributed by atoms with van der Waals surface area (Å²) in [5.41, 5.74) is 0. The van der Waals surface area contributed by atoms with Gasteiger partial charge in [0.2, 0.25) is 10.0 Å². The average molecular weight is 427 g/mol. The maximum atomic E-state index is 13.0. The molecule has 0 saturated heterocycles. The molecular weight excluding hydrogens is 417 g/mol. The van der Waals surface area contributed by atoms with Gasteiger partial charge in [0, 0.05) is 11.5 Å². The number of furan rings is 1. The van der Waals surface area contributed by atoms with E-state index in [0.717, 1.165) is 16.4 Å². The fraction of sp³-hybridized carbons (Fsp3) is 0.167. The van der Waals surface area contributed by atoms with E-state index in [0.29, 0.717) is 10.4 Å². The number of sulfonamides is 1. The normalized spacial score (nSPS) is 12.1. The van der Waals surface area contributed by atoms with Gasteiger partial charge in [0.05, 0.1) is 11.4 Å². The summed E-state index contributed by atoms with van der Waals surface area (Å²) in [5.74, 6) is -0.00497. The second-order valence-electron chi connectivity index (χ2n) is 4.04. The summed E-state index contributed by atoms with van der Waals surface area (Å²) in [6.07, 6.45) is 0. The third kappa shape index (κ3) is 3.30. The predicted molar refractivity (Wildman–Crippen MR) is 79.2 cm³/mol. The Labute approximate surface area is 132 Å². The molecular formula is C12H10Br2FNO3S. The molecule has 1 heterocycles. The lowest BCUT2D eigenvalue weighted by Crippen LogP contribution is -2.26. The van der Waals surface area contributed by atoms with Crippen LogP contribution in [0.25, 0.3) is 0 Å². The molecule has 108 valence electrons. The molecule has 0 saturated carbocycles. The van der Waals surface area contributed by atoms with Crippen LogP contribution in [0.3, 0.4) is 0 Å². The fourth-order valence-corrected chi connectivity index (χ4v) is 4.08. The van der Waals surface area contributed by atoms with Crippen molar-refractivity contribution in [1.82, 2.24) is 4.31 Å². The Kier molecular flexibility index (Phi) is 4.68. The minimum Gasteiger partial charge on any atom is -0.453 e. The molecule has 0 aliphatic carbocycles. The van der Waals surface area contributed by atoms with E-state index >= 15 is 0 Å². The highest BCUT2D eigenvalue weighted by molar-refractivity contribution is 9.10. The number of hydrogen-bond acceptors (Lipinski definition) is 3. The molecule has 1 aromatic heterocycles. The van der Waals surface area contributed by atoms with Crippen LogP contribution in [0.15, 0.2) is 48.8 Å². The standard InChI is InChI=1S/C12H10Br2FNO3S/c1-16(7-9-3-5-12(14)19-9)20(17,18)11-4-2-8(15)6-10(11)13/h2-6H,7H2,1H3. The fourth-order valence-electron chi connectivity index (χ4n) is 1.59. The molecule has 0 atom stereocenters. The molecule has 20 heavy (non-hydrogen) atoms. The van der Waals surface area contributed by atoms with Gasteiger partial charge >= 0.3 is 0 Å². The Bertz CT molecular complexity index is 730. The van der Waals surface area contributed by atoms with Gasteiger partial charge in [0.1, 0.15) is 11.6 Å². The van der Waals surface area contributed by atoms with E-state index in [9.17, 15) is 12.8 Å². The summed E-state index contributed by atoms with van der Waals surface area (Å²) in [5, 5.41) is 0. The maximum absolute atomic E-state index is 13.0. The Morgan fingerprint density at radius 2 is 1.95 bits per heavy atom. The van der Waals surface area contributed by atoms with Crippen LogP contribution in [0.5, 0.6) is 0 Å². The van der Waals surface area contributed by atoms with E-state index in [-0.39, 0.29) is 15.9 Å². The van der Waals surface area contributed by atoms with E-state index in [1.165, 1.54) is 13.1 Å². The van der Waals surface area contributed by atoms with Crippen molar-refractivity contribution < 1.29 is 17.2 Å². The van der Waals surface area contributed by atoms with Crippen molar-refractivity contribution in [3.63, 3.8) is 0 Å². The molecule has 0 fully saturated rings. The minimum atomic E-state index is -3.73. The van der Waals surface area contributed by atoms with E-state index in [4.69, 9.17) is 4.42 Å². The van der Waals surface area contributed by atoms with Crippen molar-refractivity contribution in [3.8, 4) is 0 Å². The van der Waals surface area contributed by atoms with Gasteiger partial charge in [-0.2, -0.15) is 4.31 Å². The highest BCUT2D eigenvalue weighted by atomic mass is 79.9. The third-order valence-electron chi connectivity index (χ3n) is 2.59. The molecule has 2 aromatic rings. The van der Waals surface area contributed by atoms with Crippen LogP contribution in [0, 0.1) is 5.82 Å². The van der Waals surface area contributed by atoms with Crippen LogP contribution in [-0.4, -0.2) is 19.8 Å². The van der Waals surface area contributed by atoms with Crippen molar-refractivity contribution in [2.45, 2.75) is 11.4 Å². The van der Waals surface area contributed by atoms with Gasteiger partial charge in [-0.05, 0) is 62.2 Å². The highest BCUT2D eigenvalue weighted by Crippen LogP contribution is 2.26. The average Bonchev–Trinajstić information content (AvgIpc) is 2.74. The molecule has 0 radical (unpaired) electrons. The molecule has 1 aromatic carbocycles. The lowest BCUT2D eigenvalue weighted by atomic mass is 10.3. The zero-order chi connectivity index (χ0) is 14.9. The zero-order valence-electron chi connectivity index (χ0n) is 10.3. The molecule has 0 unspecified atom stereocenters. The van der Waals surface area contributed by atoms with E-state index < -0.39 is 15.8 Å². The third-order valence-corrected chi connectivity index (χ3v) is 5.80. The summed E-state index contributed by atoms with van der Waals surface area (Å²) in [6, 6.07) is 6.81. The lowest BCUT2D eigenvalue weighted by Gasteiger charge is -2.16. The van der Waals surface area contributed by atoms with Gasteiger partial charge in [0.15, 0.2) is 4.67 Å². The summed E-state index contributed by atoms with van der Waals surface area (Å²) in [7, 11) is -2.30. The van der Waals surface area contributed by atoms with E-state index in [1.54, 1.807) is 12.1 Å². The first-order valence-electron chi connectivity index (χ1n) is 5.46. The smallest absolute Gasteiger partial charge is 0.244 e. The molecule has 0 amide bonds. The summed E-state index contributed by atoms with van der Waals surface area (Å²) >= 11 is 6.22. The molecule has 0 bridgehead atoms. The second-order valence-corrected chi connectivity index (χ2v) is 7.69. The number of rotatable bonds is 4. The maximum Gasteiger partial charge on any atom is 0.244 e. The van der Waals surface area contributed by atoms with Crippen LogP contribution in [0.1, 0.15) is 5.76 Å². The Morgan fingerprint density at radius 1 is 1.25 bits per heavy atom.